The average Bonchev–Trinajstić information content (AvgIpc) is 3.55. The van der Waals surface area contributed by atoms with E-state index in [9.17, 15) is 24.3 Å². The molecule has 0 aromatic heterocycles. The Kier molecular flexibility index (Phi) is 8.40. The van der Waals surface area contributed by atoms with Crippen LogP contribution in [0.4, 0.5) is 22.7 Å². The molecule has 0 spiro atoms. The number of phenolic OH excluding ortho intramolecular Hbond substituents is 1. The van der Waals surface area contributed by atoms with Crippen molar-refractivity contribution < 1.29 is 33.8 Å². The molecular weight excluding hydrogens is 670 g/mol. The summed E-state index contributed by atoms with van der Waals surface area (Å²) < 4.78 is 10.8. The SMILES string of the molecule is COc1cc(C=CC2C3=CCC4C(=O)N(c5ccc(Nc6ccccc6)cc5)C(=O)C4C3CC3C(=O)N(c4ccccc4)C(=O)C23C)cc(OC)c1O. The van der Waals surface area contributed by atoms with Crippen molar-refractivity contribution in [3.05, 3.63) is 120 Å². The Hall–Kier alpha value is -6.16. The molecule has 1 saturated carbocycles. The van der Waals surface area contributed by atoms with Gasteiger partial charge >= 0.3 is 0 Å². The fourth-order valence-electron chi connectivity index (χ4n) is 8.90. The van der Waals surface area contributed by atoms with E-state index in [1.165, 1.54) is 24.0 Å². The Bertz CT molecular complexity index is 2160. The summed E-state index contributed by atoms with van der Waals surface area (Å²) >= 11 is 0. The van der Waals surface area contributed by atoms with Gasteiger partial charge in [0.15, 0.2) is 11.5 Å². The molecule has 6 unspecified atom stereocenters. The summed E-state index contributed by atoms with van der Waals surface area (Å²) in [5.41, 5.74) is 3.07. The second-order valence-corrected chi connectivity index (χ2v) is 14.2. The van der Waals surface area contributed by atoms with E-state index < -0.39 is 35.0 Å². The minimum Gasteiger partial charge on any atom is -0.502 e. The van der Waals surface area contributed by atoms with Gasteiger partial charge in [-0.2, -0.15) is 0 Å². The van der Waals surface area contributed by atoms with Gasteiger partial charge in [0.1, 0.15) is 0 Å². The second-order valence-electron chi connectivity index (χ2n) is 14.2. The summed E-state index contributed by atoms with van der Waals surface area (Å²) in [6.45, 7) is 1.84. The Labute approximate surface area is 307 Å². The van der Waals surface area contributed by atoms with E-state index in [-0.39, 0.29) is 47.3 Å². The minimum atomic E-state index is -1.17. The summed E-state index contributed by atoms with van der Waals surface area (Å²) in [6.07, 6.45) is 6.35. The van der Waals surface area contributed by atoms with Crippen LogP contribution in [-0.4, -0.2) is 43.0 Å². The van der Waals surface area contributed by atoms with Crippen molar-refractivity contribution in [3.63, 3.8) is 0 Å². The Morgan fingerprint density at radius 1 is 0.755 bits per heavy atom. The summed E-state index contributed by atoms with van der Waals surface area (Å²) in [5.74, 6) is -3.92. The predicted octanol–water partition coefficient (Wildman–Crippen LogP) is 7.13. The number of nitrogens with zero attached hydrogens (tertiary/aromatic N) is 2. The van der Waals surface area contributed by atoms with E-state index >= 15 is 0 Å². The molecule has 268 valence electrons. The van der Waals surface area contributed by atoms with Crippen LogP contribution in [0.15, 0.2) is 115 Å². The largest absolute Gasteiger partial charge is 0.502 e. The standard InChI is InChI=1S/C43H39N3O7/c1-43-33(21-14-25-22-35(52-2)38(47)36(23-25)53-3)30-19-20-31-37(32(30)24-34(43)40(49)46(42(43)51)28-12-8-5-9-13-28)41(50)45(39(31)48)29-17-15-27(16-18-29)44-26-10-6-4-7-11-26/h4-19,21-23,31-34,37,44,47H,20,24H2,1-3H3. The van der Waals surface area contributed by atoms with Crippen LogP contribution < -0.4 is 24.6 Å². The molecule has 10 heteroatoms. The highest BCUT2D eigenvalue weighted by atomic mass is 16.5. The summed E-state index contributed by atoms with van der Waals surface area (Å²) in [7, 11) is 2.89. The zero-order valence-corrected chi connectivity index (χ0v) is 29.6. The molecule has 4 aromatic rings. The van der Waals surface area contributed by atoms with Gasteiger partial charge in [-0.1, -0.05) is 60.2 Å². The maximum atomic E-state index is 14.6. The van der Waals surface area contributed by atoms with E-state index in [0.29, 0.717) is 23.4 Å². The number of benzene rings is 4. The molecule has 2 aliphatic carbocycles. The van der Waals surface area contributed by atoms with Crippen LogP contribution in [0.3, 0.4) is 0 Å². The Balaban J connectivity index is 1.17. The molecule has 4 aliphatic rings. The van der Waals surface area contributed by atoms with Crippen LogP contribution in [0, 0.1) is 35.0 Å². The van der Waals surface area contributed by atoms with E-state index in [4.69, 9.17) is 9.47 Å². The third kappa shape index (κ3) is 5.39. The smallest absolute Gasteiger partial charge is 0.241 e. The van der Waals surface area contributed by atoms with E-state index in [1.807, 2.05) is 73.7 Å². The number of amides is 4. The van der Waals surface area contributed by atoms with Gasteiger partial charge in [-0.25, -0.2) is 4.90 Å². The number of carbonyl (C=O) groups excluding carboxylic acids is 4. The third-order valence-electron chi connectivity index (χ3n) is 11.5. The topological polar surface area (TPSA) is 125 Å². The Morgan fingerprint density at radius 2 is 1.36 bits per heavy atom. The van der Waals surface area contributed by atoms with Crippen LogP contribution in [0.5, 0.6) is 17.2 Å². The molecule has 4 amide bonds. The first-order valence-electron chi connectivity index (χ1n) is 17.7. The average molecular weight is 710 g/mol. The van der Waals surface area contributed by atoms with Gasteiger partial charge in [-0.15, -0.1) is 0 Å². The van der Waals surface area contributed by atoms with Gasteiger partial charge in [0.25, 0.3) is 0 Å². The molecule has 2 aliphatic heterocycles. The van der Waals surface area contributed by atoms with Gasteiger partial charge in [0.2, 0.25) is 29.4 Å². The number of carbonyl (C=O) groups is 4. The van der Waals surface area contributed by atoms with Gasteiger partial charge in [0, 0.05) is 17.3 Å². The molecule has 4 aromatic carbocycles. The fraction of sp³-hybridized carbons (Fsp3) is 0.256. The molecule has 10 nitrogen and oxygen atoms in total. The number of hydrogen-bond donors (Lipinski definition) is 2. The number of fused-ring (bicyclic) bond motifs is 4. The zero-order valence-electron chi connectivity index (χ0n) is 29.6. The van der Waals surface area contributed by atoms with Crippen molar-refractivity contribution in [2.45, 2.75) is 19.8 Å². The van der Waals surface area contributed by atoms with Gasteiger partial charge < -0.3 is 19.9 Å². The monoisotopic (exact) mass is 709 g/mol. The van der Waals surface area contributed by atoms with Crippen LogP contribution in [0.1, 0.15) is 25.3 Å². The maximum absolute atomic E-state index is 14.6. The summed E-state index contributed by atoms with van der Waals surface area (Å²) in [5, 5.41) is 13.9. The number of allylic oxidation sites excluding steroid dienone is 3. The molecule has 53 heavy (non-hydrogen) atoms. The van der Waals surface area contributed by atoms with Crippen LogP contribution >= 0.6 is 0 Å². The Morgan fingerprint density at radius 3 is 2.00 bits per heavy atom. The first kappa shape index (κ1) is 34.0. The van der Waals surface area contributed by atoms with Gasteiger partial charge in [-0.3, -0.25) is 24.1 Å². The van der Waals surface area contributed by atoms with Crippen molar-refractivity contribution in [1.82, 2.24) is 0 Å². The molecular formula is C43H39N3O7. The molecule has 3 fully saturated rings. The highest BCUT2D eigenvalue weighted by Gasteiger charge is 2.67. The van der Waals surface area contributed by atoms with Crippen molar-refractivity contribution in [3.8, 4) is 17.2 Å². The van der Waals surface area contributed by atoms with Crippen molar-refractivity contribution in [2.75, 3.05) is 29.3 Å². The number of hydrogen-bond acceptors (Lipinski definition) is 8. The number of ether oxygens (including phenoxy) is 2. The van der Waals surface area contributed by atoms with Crippen LogP contribution in [-0.2, 0) is 19.2 Å². The molecule has 6 atom stereocenters. The number of aromatic hydroxyl groups is 1. The molecule has 2 heterocycles. The summed E-state index contributed by atoms with van der Waals surface area (Å²) in [6, 6.07) is 29.2. The lowest BCUT2D eigenvalue weighted by atomic mass is 9.52. The lowest BCUT2D eigenvalue weighted by Crippen LogP contribution is -2.49. The van der Waals surface area contributed by atoms with Gasteiger partial charge in [0.05, 0.1) is 48.8 Å². The number of anilines is 4. The fourth-order valence-corrected chi connectivity index (χ4v) is 8.90. The normalized spacial score (nSPS) is 26.3. The molecule has 0 bridgehead atoms. The lowest BCUT2D eigenvalue weighted by molar-refractivity contribution is -0.132. The van der Waals surface area contributed by atoms with E-state index in [0.717, 1.165) is 16.9 Å². The van der Waals surface area contributed by atoms with Crippen molar-refractivity contribution in [1.29, 1.82) is 0 Å². The van der Waals surface area contributed by atoms with Crippen LogP contribution in [0.2, 0.25) is 0 Å². The molecule has 8 rings (SSSR count). The minimum absolute atomic E-state index is 0.135. The van der Waals surface area contributed by atoms with E-state index in [1.54, 1.807) is 48.5 Å². The molecule has 2 saturated heterocycles. The van der Waals surface area contributed by atoms with Crippen LogP contribution in [0.25, 0.3) is 6.08 Å². The van der Waals surface area contributed by atoms with Gasteiger partial charge in [-0.05, 0) is 91.9 Å². The number of rotatable bonds is 8. The highest BCUT2D eigenvalue weighted by molar-refractivity contribution is 6.25. The van der Waals surface area contributed by atoms with Crippen molar-refractivity contribution >= 4 is 52.5 Å². The summed E-state index contributed by atoms with van der Waals surface area (Å²) in [4.78, 5) is 60.1. The first-order chi connectivity index (χ1) is 25.6. The predicted molar refractivity (Wildman–Crippen MR) is 201 cm³/mol. The third-order valence-corrected chi connectivity index (χ3v) is 11.5. The molecule has 2 N–H and O–H groups in total. The zero-order chi connectivity index (χ0) is 37.0. The number of imide groups is 2. The van der Waals surface area contributed by atoms with E-state index in [2.05, 4.69) is 5.32 Å². The lowest BCUT2D eigenvalue weighted by Gasteiger charge is -2.47. The first-order valence-corrected chi connectivity index (χ1v) is 17.7. The molecule has 0 radical (unpaired) electrons. The number of para-hydroxylation sites is 2. The maximum Gasteiger partial charge on any atom is 0.241 e. The second kappa shape index (κ2) is 13.1. The number of phenols is 1. The highest BCUT2D eigenvalue weighted by Crippen LogP contribution is 2.61. The van der Waals surface area contributed by atoms with Crippen molar-refractivity contribution in [2.24, 2.45) is 35.0 Å². The number of nitrogens with one attached hydrogen (secondary N) is 1. The number of methoxy groups -OCH3 is 2. The quantitative estimate of drug-likeness (QED) is 0.146.